The first kappa shape index (κ1) is 27.6. The van der Waals surface area contributed by atoms with Gasteiger partial charge >= 0.3 is 5.97 Å². The van der Waals surface area contributed by atoms with E-state index in [4.69, 9.17) is 20.8 Å². The normalized spacial score (nSPS) is 17.2. The molecule has 0 spiro atoms. The maximum atomic E-state index is 13.4. The quantitative estimate of drug-likeness (QED) is 0.314. The number of carbonyl (C=O) groups is 2. The Morgan fingerprint density at radius 2 is 1.76 bits per heavy atom. The molecule has 12 heteroatoms. The van der Waals surface area contributed by atoms with Crippen LogP contribution in [0.25, 0.3) is 17.4 Å². The molecule has 1 aliphatic rings. The van der Waals surface area contributed by atoms with Gasteiger partial charge in [0.1, 0.15) is 16.4 Å². The number of carbonyl (C=O) groups excluding carboxylic acids is 2. The number of nitrogens with one attached hydrogen (secondary N) is 1. The number of benzene rings is 2. The standard InChI is InChI=1S/C26H24ClNO8S2/c1-2-35-26(30)18-5-3-17(4-6-18)23-12-9-21(36-23)15-24(25(29)28-20-13-14-37(31,32)16-20)38(33,34)22-10-7-19(27)8-11-22/h3-12,15,20H,2,13-14,16H2,1H3,(H,28,29)/b24-15+. The van der Waals surface area contributed by atoms with Crippen LogP contribution in [0.1, 0.15) is 29.5 Å². The third-order valence-electron chi connectivity index (χ3n) is 5.79. The van der Waals surface area contributed by atoms with E-state index in [1.807, 2.05) is 0 Å². The third kappa shape index (κ3) is 6.35. The maximum absolute atomic E-state index is 13.4. The van der Waals surface area contributed by atoms with E-state index in [-0.39, 0.29) is 35.2 Å². The molecule has 0 aliphatic carbocycles. The Bertz CT molecular complexity index is 1590. The van der Waals surface area contributed by atoms with E-state index < -0.39 is 42.5 Å². The predicted molar refractivity (Wildman–Crippen MR) is 142 cm³/mol. The molecule has 1 N–H and O–H groups in total. The zero-order valence-electron chi connectivity index (χ0n) is 20.2. The Balaban J connectivity index is 1.67. The third-order valence-corrected chi connectivity index (χ3v) is 9.58. The van der Waals surface area contributed by atoms with Crippen LogP contribution in [0.5, 0.6) is 0 Å². The molecule has 4 rings (SSSR count). The van der Waals surface area contributed by atoms with E-state index in [1.54, 1.807) is 37.3 Å². The van der Waals surface area contributed by atoms with Crippen molar-refractivity contribution in [2.24, 2.45) is 0 Å². The fourth-order valence-electron chi connectivity index (χ4n) is 3.87. The highest BCUT2D eigenvalue weighted by Crippen LogP contribution is 2.28. The minimum Gasteiger partial charge on any atom is -0.462 e. The van der Waals surface area contributed by atoms with Gasteiger partial charge in [0, 0.05) is 22.7 Å². The molecule has 1 saturated heterocycles. The SMILES string of the molecule is CCOC(=O)c1ccc(-c2ccc(/C=C(\C(=O)NC3CCS(=O)(=O)C3)S(=O)(=O)c3ccc(Cl)cc3)o2)cc1. The van der Waals surface area contributed by atoms with Crippen LogP contribution in [0.2, 0.25) is 5.02 Å². The van der Waals surface area contributed by atoms with Crippen molar-refractivity contribution in [1.82, 2.24) is 5.32 Å². The van der Waals surface area contributed by atoms with Gasteiger partial charge in [-0.15, -0.1) is 0 Å². The summed E-state index contributed by atoms with van der Waals surface area (Å²) < 4.78 is 61.3. The molecule has 1 atom stereocenters. The van der Waals surface area contributed by atoms with Crippen LogP contribution >= 0.6 is 11.6 Å². The number of halogens is 1. The van der Waals surface area contributed by atoms with Crippen molar-refractivity contribution in [3.63, 3.8) is 0 Å². The Labute approximate surface area is 225 Å². The highest BCUT2D eigenvalue weighted by atomic mass is 35.5. The molecule has 9 nitrogen and oxygen atoms in total. The van der Waals surface area contributed by atoms with Crippen LogP contribution in [0.3, 0.4) is 0 Å². The zero-order valence-corrected chi connectivity index (χ0v) is 22.6. The zero-order chi connectivity index (χ0) is 27.5. The Morgan fingerprint density at radius 3 is 2.37 bits per heavy atom. The van der Waals surface area contributed by atoms with Gasteiger partial charge in [-0.1, -0.05) is 23.7 Å². The van der Waals surface area contributed by atoms with E-state index in [2.05, 4.69) is 5.32 Å². The van der Waals surface area contributed by atoms with Crippen LogP contribution < -0.4 is 5.32 Å². The largest absolute Gasteiger partial charge is 0.462 e. The number of rotatable bonds is 8. The summed E-state index contributed by atoms with van der Waals surface area (Å²) >= 11 is 5.89. The molecule has 3 aromatic rings. The van der Waals surface area contributed by atoms with Crippen LogP contribution in [-0.4, -0.2) is 52.9 Å². The fraction of sp³-hybridized carbons (Fsp3) is 0.231. The van der Waals surface area contributed by atoms with Crippen molar-refractivity contribution in [3.8, 4) is 11.3 Å². The lowest BCUT2D eigenvalue weighted by Gasteiger charge is -2.14. The molecule has 38 heavy (non-hydrogen) atoms. The molecule has 1 unspecified atom stereocenters. The topological polar surface area (TPSA) is 137 Å². The van der Waals surface area contributed by atoms with Crippen LogP contribution in [0.15, 0.2) is 74.9 Å². The molecule has 0 radical (unpaired) electrons. The number of sulfone groups is 2. The average molecular weight is 578 g/mol. The molecule has 0 bridgehead atoms. The smallest absolute Gasteiger partial charge is 0.338 e. The number of esters is 1. The van der Waals surface area contributed by atoms with Crippen LogP contribution in [-0.2, 0) is 29.2 Å². The molecule has 2 aromatic carbocycles. The Morgan fingerprint density at radius 1 is 1.08 bits per heavy atom. The minimum absolute atomic E-state index is 0.0798. The van der Waals surface area contributed by atoms with Gasteiger partial charge in [0.05, 0.1) is 28.6 Å². The summed E-state index contributed by atoms with van der Waals surface area (Å²) in [7, 11) is -7.64. The van der Waals surface area contributed by atoms with Crippen molar-refractivity contribution in [2.45, 2.75) is 24.3 Å². The second kappa shape index (κ2) is 11.1. The Kier molecular flexibility index (Phi) is 8.10. The van der Waals surface area contributed by atoms with Crippen molar-refractivity contribution >= 4 is 49.2 Å². The first-order valence-electron chi connectivity index (χ1n) is 11.6. The van der Waals surface area contributed by atoms with Gasteiger partial charge in [0.2, 0.25) is 9.84 Å². The van der Waals surface area contributed by atoms with Gasteiger partial charge in [0.25, 0.3) is 5.91 Å². The highest BCUT2D eigenvalue weighted by Gasteiger charge is 2.33. The lowest BCUT2D eigenvalue weighted by atomic mass is 10.1. The predicted octanol–water partition coefficient (Wildman–Crippen LogP) is 3.89. The van der Waals surface area contributed by atoms with Gasteiger partial charge in [-0.05, 0) is 61.9 Å². The summed E-state index contributed by atoms with van der Waals surface area (Å²) in [5.74, 6) is -1.30. The van der Waals surface area contributed by atoms with Gasteiger partial charge < -0.3 is 14.5 Å². The van der Waals surface area contributed by atoms with E-state index >= 15 is 0 Å². The molecule has 2 heterocycles. The lowest BCUT2D eigenvalue weighted by molar-refractivity contribution is -0.117. The second-order valence-corrected chi connectivity index (χ2v) is 13.1. The van der Waals surface area contributed by atoms with E-state index in [1.165, 1.54) is 30.3 Å². The highest BCUT2D eigenvalue weighted by molar-refractivity contribution is 7.96. The van der Waals surface area contributed by atoms with Crippen molar-refractivity contribution in [2.75, 3.05) is 18.1 Å². The molecule has 1 fully saturated rings. The van der Waals surface area contributed by atoms with Crippen LogP contribution in [0.4, 0.5) is 0 Å². The molecule has 0 saturated carbocycles. The first-order valence-corrected chi connectivity index (χ1v) is 15.3. The number of amides is 1. The minimum atomic E-state index is -4.33. The summed E-state index contributed by atoms with van der Waals surface area (Å²) in [4.78, 5) is 24.3. The molecule has 1 aliphatic heterocycles. The van der Waals surface area contributed by atoms with Gasteiger partial charge in [-0.25, -0.2) is 21.6 Å². The number of ether oxygens (including phenoxy) is 1. The average Bonchev–Trinajstić information content (AvgIpc) is 3.48. The summed E-state index contributed by atoms with van der Waals surface area (Å²) in [5.41, 5.74) is 0.977. The lowest BCUT2D eigenvalue weighted by Crippen LogP contribution is -2.38. The second-order valence-electron chi connectivity index (χ2n) is 8.54. The maximum Gasteiger partial charge on any atom is 0.338 e. The van der Waals surface area contributed by atoms with E-state index in [0.29, 0.717) is 21.9 Å². The van der Waals surface area contributed by atoms with Crippen molar-refractivity contribution < 1.29 is 35.6 Å². The number of furan rings is 1. The Hall–Kier alpha value is -3.41. The molecule has 1 aromatic heterocycles. The molecule has 200 valence electrons. The van der Waals surface area contributed by atoms with Crippen molar-refractivity contribution in [1.29, 1.82) is 0 Å². The summed E-state index contributed by atoms with van der Waals surface area (Å²) in [6, 6.07) is 14.2. The van der Waals surface area contributed by atoms with E-state index in [0.717, 1.165) is 6.08 Å². The van der Waals surface area contributed by atoms with Gasteiger partial charge in [0.15, 0.2) is 9.84 Å². The summed E-state index contributed by atoms with van der Waals surface area (Å²) in [6.07, 6.45) is 1.29. The molecule has 1 amide bonds. The summed E-state index contributed by atoms with van der Waals surface area (Å²) in [5, 5.41) is 2.85. The summed E-state index contributed by atoms with van der Waals surface area (Å²) in [6.45, 7) is 1.96. The number of hydrogen-bond donors (Lipinski definition) is 1. The monoisotopic (exact) mass is 577 g/mol. The van der Waals surface area contributed by atoms with E-state index in [9.17, 15) is 26.4 Å². The molecular weight excluding hydrogens is 554 g/mol. The fourth-order valence-corrected chi connectivity index (χ4v) is 6.99. The van der Waals surface area contributed by atoms with Gasteiger partial charge in [-0.2, -0.15) is 0 Å². The van der Waals surface area contributed by atoms with Crippen LogP contribution in [0, 0.1) is 0 Å². The number of hydrogen-bond acceptors (Lipinski definition) is 8. The van der Waals surface area contributed by atoms with Crippen molar-refractivity contribution in [3.05, 3.63) is 81.9 Å². The first-order chi connectivity index (χ1) is 18.0. The van der Waals surface area contributed by atoms with Gasteiger partial charge in [-0.3, -0.25) is 4.79 Å². The molecular formula is C26H24ClNO8S2.